The zero-order valence-corrected chi connectivity index (χ0v) is 11.8. The molecule has 0 amide bonds. The molecule has 5 heteroatoms. The summed E-state index contributed by atoms with van der Waals surface area (Å²) in [5, 5.41) is 9.43. The molecule has 114 valence electrons. The minimum Gasteiger partial charge on any atom is -0.480 e. The highest BCUT2D eigenvalue weighted by molar-refractivity contribution is 5.74. The standard InChI is InChI=1S/C16H19F2NO2/c17-12-6-5-10(7-13(12)18)9-19-14-4-2-1-3-11(14)8-15(19)16(20)21/h5-7,11,14-15H,1-4,8-9H2,(H,20,21)/t11-,14-,15+/m1/s1. The molecule has 1 aliphatic heterocycles. The lowest BCUT2D eigenvalue weighted by Gasteiger charge is -2.33. The van der Waals surface area contributed by atoms with Gasteiger partial charge < -0.3 is 5.11 Å². The van der Waals surface area contributed by atoms with Gasteiger partial charge in [-0.3, -0.25) is 9.69 Å². The quantitative estimate of drug-likeness (QED) is 0.931. The van der Waals surface area contributed by atoms with Gasteiger partial charge in [0.1, 0.15) is 6.04 Å². The highest BCUT2D eigenvalue weighted by atomic mass is 19.2. The Kier molecular flexibility index (Phi) is 3.93. The number of carboxylic acid groups (broad SMARTS) is 1. The predicted molar refractivity (Wildman–Crippen MR) is 73.7 cm³/mol. The van der Waals surface area contributed by atoms with Crippen molar-refractivity contribution in [2.75, 3.05) is 0 Å². The maximum Gasteiger partial charge on any atom is 0.320 e. The van der Waals surface area contributed by atoms with Crippen LogP contribution < -0.4 is 0 Å². The van der Waals surface area contributed by atoms with E-state index in [0.29, 0.717) is 24.4 Å². The van der Waals surface area contributed by atoms with Crippen LogP contribution in [0.4, 0.5) is 8.78 Å². The second-order valence-electron chi connectivity index (χ2n) is 6.12. The van der Waals surface area contributed by atoms with E-state index in [-0.39, 0.29) is 6.04 Å². The monoisotopic (exact) mass is 295 g/mol. The lowest BCUT2D eigenvalue weighted by molar-refractivity contribution is -0.142. The Balaban J connectivity index is 1.82. The van der Waals surface area contributed by atoms with Crippen LogP contribution in [0.2, 0.25) is 0 Å². The Labute approximate surface area is 122 Å². The molecule has 2 fully saturated rings. The maximum absolute atomic E-state index is 13.3. The summed E-state index contributed by atoms with van der Waals surface area (Å²) in [6.07, 6.45) is 5.01. The summed E-state index contributed by atoms with van der Waals surface area (Å²) in [4.78, 5) is 13.5. The van der Waals surface area contributed by atoms with Crippen molar-refractivity contribution in [1.82, 2.24) is 4.90 Å². The number of likely N-dealkylation sites (tertiary alicyclic amines) is 1. The van der Waals surface area contributed by atoms with Crippen molar-refractivity contribution < 1.29 is 18.7 Å². The number of hydrogen-bond acceptors (Lipinski definition) is 2. The largest absolute Gasteiger partial charge is 0.480 e. The Morgan fingerprint density at radius 1 is 1.24 bits per heavy atom. The molecular formula is C16H19F2NO2. The minimum atomic E-state index is -0.876. The Bertz CT molecular complexity index is 549. The van der Waals surface area contributed by atoms with Gasteiger partial charge in [0, 0.05) is 12.6 Å². The number of carbonyl (C=O) groups is 1. The molecule has 1 aliphatic carbocycles. The zero-order chi connectivity index (χ0) is 15.0. The molecule has 1 N–H and O–H groups in total. The lowest BCUT2D eigenvalue weighted by Crippen LogP contribution is -2.41. The Morgan fingerprint density at radius 3 is 2.71 bits per heavy atom. The van der Waals surface area contributed by atoms with E-state index in [1.54, 1.807) is 0 Å². The number of fused-ring (bicyclic) bond motifs is 1. The van der Waals surface area contributed by atoms with Crippen molar-refractivity contribution >= 4 is 5.97 Å². The van der Waals surface area contributed by atoms with Gasteiger partial charge in [-0.1, -0.05) is 18.9 Å². The van der Waals surface area contributed by atoms with E-state index >= 15 is 0 Å². The van der Waals surface area contributed by atoms with E-state index in [1.807, 2.05) is 4.90 Å². The first kappa shape index (κ1) is 14.4. The number of rotatable bonds is 3. The predicted octanol–water partition coefficient (Wildman–Crippen LogP) is 3.18. The molecule has 0 aromatic heterocycles. The van der Waals surface area contributed by atoms with Gasteiger partial charge in [0.2, 0.25) is 0 Å². The fourth-order valence-corrected chi connectivity index (χ4v) is 3.87. The van der Waals surface area contributed by atoms with Crippen molar-refractivity contribution in [3.05, 3.63) is 35.4 Å². The van der Waals surface area contributed by atoms with E-state index in [9.17, 15) is 18.7 Å². The summed E-state index contributed by atoms with van der Waals surface area (Å²) in [5.74, 6) is -2.14. The van der Waals surface area contributed by atoms with Crippen LogP contribution in [0.5, 0.6) is 0 Å². The number of carboxylic acids is 1. The molecule has 3 nitrogen and oxygen atoms in total. The van der Waals surface area contributed by atoms with Crippen LogP contribution in [0, 0.1) is 17.6 Å². The molecule has 1 saturated carbocycles. The normalized spacial score (nSPS) is 29.3. The van der Waals surface area contributed by atoms with Crippen molar-refractivity contribution in [1.29, 1.82) is 0 Å². The van der Waals surface area contributed by atoms with E-state index in [2.05, 4.69) is 0 Å². The molecule has 3 rings (SSSR count). The van der Waals surface area contributed by atoms with Crippen LogP contribution in [0.1, 0.15) is 37.7 Å². The van der Waals surface area contributed by atoms with Gasteiger partial charge >= 0.3 is 5.97 Å². The molecule has 21 heavy (non-hydrogen) atoms. The van der Waals surface area contributed by atoms with Gasteiger partial charge in [-0.05, 0) is 42.9 Å². The van der Waals surface area contributed by atoms with Crippen molar-refractivity contribution in [2.45, 2.75) is 50.7 Å². The summed E-state index contributed by atoms with van der Waals surface area (Å²) < 4.78 is 26.3. The fraction of sp³-hybridized carbons (Fsp3) is 0.562. The number of hydrogen-bond donors (Lipinski definition) is 1. The average molecular weight is 295 g/mol. The second kappa shape index (κ2) is 5.72. The van der Waals surface area contributed by atoms with E-state index < -0.39 is 23.6 Å². The van der Waals surface area contributed by atoms with Crippen LogP contribution in [-0.4, -0.2) is 28.1 Å². The average Bonchev–Trinajstić information content (AvgIpc) is 2.82. The number of aliphatic carboxylic acids is 1. The summed E-state index contributed by atoms with van der Waals surface area (Å²) in [6, 6.07) is 3.56. The van der Waals surface area contributed by atoms with Gasteiger partial charge in [0.05, 0.1) is 0 Å². The van der Waals surface area contributed by atoms with Gasteiger partial charge in [-0.15, -0.1) is 0 Å². The number of benzene rings is 1. The van der Waals surface area contributed by atoms with Crippen LogP contribution in [0.25, 0.3) is 0 Å². The lowest BCUT2D eigenvalue weighted by atomic mass is 9.84. The fourth-order valence-electron chi connectivity index (χ4n) is 3.87. The van der Waals surface area contributed by atoms with Gasteiger partial charge in [-0.25, -0.2) is 8.78 Å². The molecule has 0 radical (unpaired) electrons. The summed E-state index contributed by atoms with van der Waals surface area (Å²) in [6.45, 7) is 0.370. The molecule has 1 saturated heterocycles. The van der Waals surface area contributed by atoms with Crippen LogP contribution >= 0.6 is 0 Å². The van der Waals surface area contributed by atoms with Gasteiger partial charge in [-0.2, -0.15) is 0 Å². The Hall–Kier alpha value is -1.49. The number of halogens is 2. The van der Waals surface area contributed by atoms with Crippen LogP contribution in [0.3, 0.4) is 0 Å². The third kappa shape index (κ3) is 2.79. The number of nitrogens with zero attached hydrogens (tertiary/aromatic N) is 1. The third-order valence-electron chi connectivity index (χ3n) is 4.86. The van der Waals surface area contributed by atoms with Crippen molar-refractivity contribution in [2.24, 2.45) is 5.92 Å². The van der Waals surface area contributed by atoms with Crippen LogP contribution in [-0.2, 0) is 11.3 Å². The maximum atomic E-state index is 13.3. The first-order chi connectivity index (χ1) is 10.1. The first-order valence-corrected chi connectivity index (χ1v) is 7.48. The summed E-state index contributed by atoms with van der Waals surface area (Å²) >= 11 is 0. The van der Waals surface area contributed by atoms with E-state index in [4.69, 9.17) is 0 Å². The van der Waals surface area contributed by atoms with Gasteiger partial charge in [0.15, 0.2) is 11.6 Å². The summed E-state index contributed by atoms with van der Waals surface area (Å²) in [7, 11) is 0. The van der Waals surface area contributed by atoms with Crippen molar-refractivity contribution in [3.63, 3.8) is 0 Å². The molecule has 1 heterocycles. The Morgan fingerprint density at radius 2 is 2.00 bits per heavy atom. The zero-order valence-electron chi connectivity index (χ0n) is 11.8. The highest BCUT2D eigenvalue weighted by Crippen LogP contribution is 2.40. The molecule has 3 atom stereocenters. The van der Waals surface area contributed by atoms with Crippen molar-refractivity contribution in [3.8, 4) is 0 Å². The second-order valence-corrected chi connectivity index (χ2v) is 6.12. The summed E-state index contributed by atoms with van der Waals surface area (Å²) in [5.41, 5.74) is 0.631. The highest BCUT2D eigenvalue weighted by Gasteiger charge is 2.44. The molecule has 0 unspecified atom stereocenters. The topological polar surface area (TPSA) is 40.5 Å². The molecular weight excluding hydrogens is 276 g/mol. The third-order valence-corrected chi connectivity index (χ3v) is 4.86. The smallest absolute Gasteiger partial charge is 0.320 e. The molecule has 2 aliphatic rings. The van der Waals surface area contributed by atoms with E-state index in [1.165, 1.54) is 12.1 Å². The SMILES string of the molecule is O=C(O)[C@@H]1C[C@H]2CCCC[C@H]2N1Cc1ccc(F)c(F)c1. The molecule has 1 aromatic rings. The van der Waals surface area contributed by atoms with E-state index in [0.717, 1.165) is 31.7 Å². The first-order valence-electron chi connectivity index (χ1n) is 7.48. The molecule has 0 bridgehead atoms. The van der Waals surface area contributed by atoms with Crippen LogP contribution in [0.15, 0.2) is 18.2 Å². The molecule has 0 spiro atoms. The molecule has 1 aromatic carbocycles. The minimum absolute atomic E-state index is 0.257. The van der Waals surface area contributed by atoms with Gasteiger partial charge in [0.25, 0.3) is 0 Å².